The Morgan fingerprint density at radius 1 is 1.12 bits per heavy atom. The Morgan fingerprint density at radius 2 is 1.77 bits per heavy atom. The largest absolute Gasteiger partial charge is 0.481 e. The normalized spacial score (nSPS) is 20.7. The predicted octanol–water partition coefficient (Wildman–Crippen LogP) is 1.97. The third-order valence-corrected chi connectivity index (χ3v) is 5.22. The quantitative estimate of drug-likeness (QED) is 0.798. The number of aryl methyl sites for hydroxylation is 1. The van der Waals surface area contributed by atoms with E-state index in [1.807, 2.05) is 31.2 Å². The van der Waals surface area contributed by atoms with Crippen LogP contribution in [0.1, 0.15) is 39.0 Å². The highest BCUT2D eigenvalue weighted by Crippen LogP contribution is 2.24. The number of carboxylic acids is 1. The van der Waals surface area contributed by atoms with Crippen LogP contribution in [0.3, 0.4) is 0 Å². The smallest absolute Gasteiger partial charge is 0.329 e. The fourth-order valence-corrected chi connectivity index (χ4v) is 3.90. The van der Waals surface area contributed by atoms with Crippen LogP contribution in [-0.4, -0.2) is 32.2 Å². The van der Waals surface area contributed by atoms with Gasteiger partial charge >= 0.3 is 11.7 Å². The predicted molar refractivity (Wildman–Crippen MR) is 98.0 cm³/mol. The molecule has 2 N–H and O–H groups in total. The van der Waals surface area contributed by atoms with E-state index in [1.165, 1.54) is 4.57 Å². The second kappa shape index (κ2) is 7.76. The van der Waals surface area contributed by atoms with Crippen molar-refractivity contribution in [3.63, 3.8) is 0 Å². The molecular weight excluding hydrogens is 334 g/mol. The summed E-state index contributed by atoms with van der Waals surface area (Å²) in [5.74, 6) is -1.74. The van der Waals surface area contributed by atoms with E-state index in [0.717, 1.165) is 24.8 Å². The summed E-state index contributed by atoms with van der Waals surface area (Å²) >= 11 is 0. The number of nitrogens with one attached hydrogen (secondary N) is 1. The van der Waals surface area contributed by atoms with Crippen molar-refractivity contribution >= 4 is 22.9 Å². The maximum atomic E-state index is 12.6. The minimum absolute atomic E-state index is 0.102. The van der Waals surface area contributed by atoms with Crippen molar-refractivity contribution in [3.05, 3.63) is 34.7 Å². The molecule has 0 spiro atoms. The number of benzene rings is 1. The average molecular weight is 359 g/mol. The highest BCUT2D eigenvalue weighted by Gasteiger charge is 2.30. The van der Waals surface area contributed by atoms with Crippen molar-refractivity contribution < 1.29 is 14.7 Å². The van der Waals surface area contributed by atoms with E-state index in [-0.39, 0.29) is 24.2 Å². The van der Waals surface area contributed by atoms with Gasteiger partial charge < -0.3 is 10.4 Å². The molecule has 1 amide bonds. The summed E-state index contributed by atoms with van der Waals surface area (Å²) in [4.78, 5) is 36.7. The van der Waals surface area contributed by atoms with Crippen LogP contribution in [0.25, 0.3) is 11.0 Å². The van der Waals surface area contributed by atoms with Crippen LogP contribution in [0, 0.1) is 5.92 Å². The molecule has 2 atom stereocenters. The van der Waals surface area contributed by atoms with Gasteiger partial charge in [0.15, 0.2) is 0 Å². The van der Waals surface area contributed by atoms with Crippen LogP contribution in [0.15, 0.2) is 29.1 Å². The van der Waals surface area contributed by atoms with Gasteiger partial charge in [0.2, 0.25) is 5.91 Å². The van der Waals surface area contributed by atoms with Gasteiger partial charge in [-0.3, -0.25) is 18.7 Å². The molecule has 1 fully saturated rings. The number of imidazole rings is 1. The summed E-state index contributed by atoms with van der Waals surface area (Å²) in [5.41, 5.74) is 1.29. The first-order chi connectivity index (χ1) is 12.5. The van der Waals surface area contributed by atoms with Crippen LogP contribution in [-0.2, 0) is 22.7 Å². The van der Waals surface area contributed by atoms with Gasteiger partial charge in [-0.1, -0.05) is 31.4 Å². The van der Waals surface area contributed by atoms with Gasteiger partial charge in [0.25, 0.3) is 0 Å². The number of carbonyl (C=O) groups excluding carboxylic acids is 1. The molecule has 2 aromatic rings. The molecule has 1 aliphatic rings. The first-order valence-corrected chi connectivity index (χ1v) is 9.23. The molecule has 0 unspecified atom stereocenters. The number of hydrogen-bond acceptors (Lipinski definition) is 3. The number of carbonyl (C=O) groups is 2. The summed E-state index contributed by atoms with van der Waals surface area (Å²) in [6.45, 7) is 2.31. The van der Waals surface area contributed by atoms with Crippen molar-refractivity contribution in [3.8, 4) is 0 Å². The first kappa shape index (κ1) is 18.2. The number of carboxylic acid groups (broad SMARTS) is 1. The van der Waals surface area contributed by atoms with E-state index in [4.69, 9.17) is 0 Å². The number of para-hydroxylation sites is 2. The molecule has 7 heteroatoms. The minimum atomic E-state index is -0.864. The highest BCUT2D eigenvalue weighted by atomic mass is 16.4. The fraction of sp³-hybridized carbons (Fsp3) is 0.526. The molecule has 0 bridgehead atoms. The molecule has 26 heavy (non-hydrogen) atoms. The molecule has 1 aliphatic carbocycles. The molecule has 1 aromatic carbocycles. The van der Waals surface area contributed by atoms with Crippen molar-refractivity contribution in [2.45, 2.75) is 58.2 Å². The SMILES string of the molecule is CCn1c(=O)n(CC(=O)N[C@H]2CCCCC[C@H]2C(=O)O)c2ccccc21. The van der Waals surface area contributed by atoms with Crippen molar-refractivity contribution in [1.82, 2.24) is 14.5 Å². The lowest BCUT2D eigenvalue weighted by Crippen LogP contribution is -2.44. The van der Waals surface area contributed by atoms with Gasteiger partial charge in [0, 0.05) is 12.6 Å². The van der Waals surface area contributed by atoms with Crippen LogP contribution in [0.5, 0.6) is 0 Å². The summed E-state index contributed by atoms with van der Waals surface area (Å²) in [7, 11) is 0. The highest BCUT2D eigenvalue weighted by molar-refractivity contribution is 5.81. The third-order valence-electron chi connectivity index (χ3n) is 5.22. The molecule has 0 saturated heterocycles. The molecule has 1 aromatic heterocycles. The van der Waals surface area contributed by atoms with Crippen LogP contribution < -0.4 is 11.0 Å². The van der Waals surface area contributed by atoms with Crippen LogP contribution >= 0.6 is 0 Å². The van der Waals surface area contributed by atoms with E-state index in [9.17, 15) is 19.5 Å². The molecule has 140 valence electrons. The summed E-state index contributed by atoms with van der Waals surface area (Å²) in [6, 6.07) is 7.00. The van der Waals surface area contributed by atoms with Gasteiger partial charge in [-0.15, -0.1) is 0 Å². The minimum Gasteiger partial charge on any atom is -0.481 e. The van der Waals surface area contributed by atoms with Crippen molar-refractivity contribution in [2.24, 2.45) is 5.92 Å². The zero-order valence-electron chi connectivity index (χ0n) is 15.0. The lowest BCUT2D eigenvalue weighted by Gasteiger charge is -2.23. The van der Waals surface area contributed by atoms with Crippen molar-refractivity contribution in [1.29, 1.82) is 0 Å². The summed E-state index contributed by atoms with van der Waals surface area (Å²) in [5, 5.41) is 12.3. The Balaban J connectivity index is 1.82. The fourth-order valence-electron chi connectivity index (χ4n) is 3.90. The standard InChI is InChI=1S/C19H25N3O4/c1-2-21-15-10-6-7-11-16(15)22(19(21)26)12-17(23)20-14-9-5-3-4-8-13(14)18(24)25/h6-7,10-11,13-14H,2-5,8-9,12H2,1H3,(H,20,23)(H,24,25)/t13-,14+/m1/s1. The molecule has 0 radical (unpaired) electrons. The van der Waals surface area contributed by atoms with E-state index < -0.39 is 11.9 Å². The Hall–Kier alpha value is -2.57. The molecule has 3 rings (SSSR count). The van der Waals surface area contributed by atoms with Crippen LogP contribution in [0.2, 0.25) is 0 Å². The molecule has 1 saturated carbocycles. The number of aliphatic carboxylic acids is 1. The zero-order valence-corrected chi connectivity index (χ0v) is 15.0. The third kappa shape index (κ3) is 3.52. The molecule has 7 nitrogen and oxygen atoms in total. The second-order valence-electron chi connectivity index (χ2n) is 6.86. The molecule has 1 heterocycles. The number of amides is 1. The Bertz CT molecular complexity index is 867. The number of fused-ring (bicyclic) bond motifs is 1. The number of rotatable bonds is 5. The Morgan fingerprint density at radius 3 is 2.42 bits per heavy atom. The Labute approximate surface area is 151 Å². The summed E-state index contributed by atoms with van der Waals surface area (Å²) in [6.07, 6.45) is 4.00. The van der Waals surface area contributed by atoms with Gasteiger partial charge in [-0.2, -0.15) is 0 Å². The van der Waals surface area contributed by atoms with Gasteiger partial charge in [-0.25, -0.2) is 4.79 Å². The summed E-state index contributed by atoms with van der Waals surface area (Å²) < 4.78 is 3.09. The van der Waals surface area contributed by atoms with Gasteiger partial charge in [-0.05, 0) is 31.9 Å². The lowest BCUT2D eigenvalue weighted by atomic mass is 9.95. The van der Waals surface area contributed by atoms with E-state index in [2.05, 4.69) is 5.32 Å². The number of aromatic nitrogens is 2. The number of hydrogen-bond donors (Lipinski definition) is 2. The second-order valence-corrected chi connectivity index (χ2v) is 6.86. The van der Waals surface area contributed by atoms with Crippen molar-refractivity contribution in [2.75, 3.05) is 0 Å². The monoisotopic (exact) mass is 359 g/mol. The lowest BCUT2D eigenvalue weighted by molar-refractivity contribution is -0.143. The van der Waals surface area contributed by atoms with Crippen LogP contribution in [0.4, 0.5) is 0 Å². The molecular formula is C19H25N3O4. The first-order valence-electron chi connectivity index (χ1n) is 9.23. The molecule has 0 aliphatic heterocycles. The van der Waals surface area contributed by atoms with E-state index in [0.29, 0.717) is 24.9 Å². The van der Waals surface area contributed by atoms with E-state index >= 15 is 0 Å². The van der Waals surface area contributed by atoms with E-state index in [1.54, 1.807) is 4.57 Å². The topological polar surface area (TPSA) is 93.3 Å². The maximum absolute atomic E-state index is 12.6. The maximum Gasteiger partial charge on any atom is 0.329 e. The van der Waals surface area contributed by atoms with Gasteiger partial charge in [0.05, 0.1) is 17.0 Å². The van der Waals surface area contributed by atoms with Gasteiger partial charge in [0.1, 0.15) is 6.54 Å². The Kier molecular flexibility index (Phi) is 5.44. The average Bonchev–Trinajstić information content (AvgIpc) is 2.76. The zero-order chi connectivity index (χ0) is 18.7. The number of nitrogens with zero attached hydrogens (tertiary/aromatic N) is 2.